The molecule has 0 aliphatic heterocycles. The van der Waals surface area contributed by atoms with Crippen molar-refractivity contribution in [2.75, 3.05) is 11.9 Å². The van der Waals surface area contributed by atoms with Gasteiger partial charge < -0.3 is 10.6 Å². The van der Waals surface area contributed by atoms with Gasteiger partial charge in [-0.05, 0) is 43.5 Å². The number of hydrogen-bond donors (Lipinski definition) is 3. The van der Waals surface area contributed by atoms with E-state index in [1.807, 2.05) is 27.7 Å². The Morgan fingerprint density at radius 2 is 1.74 bits per heavy atom. The van der Waals surface area contributed by atoms with Gasteiger partial charge in [0.1, 0.15) is 0 Å². The fourth-order valence-electron chi connectivity index (χ4n) is 2.01. The number of benzene rings is 1. The molecule has 0 aromatic heterocycles. The van der Waals surface area contributed by atoms with E-state index >= 15 is 0 Å². The van der Waals surface area contributed by atoms with E-state index in [4.69, 9.17) is 0 Å². The van der Waals surface area contributed by atoms with E-state index in [0.717, 1.165) is 12.8 Å². The Morgan fingerprint density at radius 1 is 1.13 bits per heavy atom. The van der Waals surface area contributed by atoms with Crippen LogP contribution in [0.3, 0.4) is 0 Å². The molecule has 1 rings (SSSR count). The van der Waals surface area contributed by atoms with Crippen LogP contribution in [0.25, 0.3) is 0 Å². The van der Waals surface area contributed by atoms with Gasteiger partial charge in [0.15, 0.2) is 0 Å². The van der Waals surface area contributed by atoms with Crippen LogP contribution < -0.4 is 15.4 Å². The smallest absolute Gasteiger partial charge is 0.319 e. The van der Waals surface area contributed by atoms with E-state index in [9.17, 15) is 13.2 Å². The highest BCUT2D eigenvalue weighted by Crippen LogP contribution is 2.15. The second kappa shape index (κ2) is 8.88. The molecule has 0 unspecified atom stereocenters. The van der Waals surface area contributed by atoms with Gasteiger partial charge in [-0.15, -0.1) is 0 Å². The van der Waals surface area contributed by atoms with Crippen molar-refractivity contribution in [1.29, 1.82) is 0 Å². The number of hydrogen-bond acceptors (Lipinski definition) is 3. The normalized spacial score (nSPS) is 12.9. The van der Waals surface area contributed by atoms with Gasteiger partial charge in [-0.1, -0.05) is 27.2 Å². The lowest BCUT2D eigenvalue weighted by molar-refractivity contribution is 0.251. The molecule has 0 bridgehead atoms. The highest BCUT2D eigenvalue weighted by molar-refractivity contribution is 7.89. The molecule has 130 valence electrons. The predicted molar refractivity (Wildman–Crippen MR) is 93.0 cm³/mol. The number of sulfonamides is 1. The molecule has 23 heavy (non-hydrogen) atoms. The first-order valence-electron chi connectivity index (χ1n) is 7.91. The number of carbonyl (C=O) groups is 1. The maximum absolute atomic E-state index is 12.2. The number of amides is 2. The fraction of sp³-hybridized carbons (Fsp3) is 0.562. The van der Waals surface area contributed by atoms with Crippen molar-refractivity contribution in [1.82, 2.24) is 10.0 Å². The van der Waals surface area contributed by atoms with Crippen molar-refractivity contribution >= 4 is 21.7 Å². The minimum atomic E-state index is -3.53. The first kappa shape index (κ1) is 19.4. The lowest BCUT2D eigenvalue weighted by Crippen LogP contribution is -2.32. The maximum atomic E-state index is 12.2. The summed E-state index contributed by atoms with van der Waals surface area (Å²) in [6.45, 7) is 8.45. The zero-order valence-electron chi connectivity index (χ0n) is 14.2. The molecular formula is C16H27N3O3S. The summed E-state index contributed by atoms with van der Waals surface area (Å²) in [5.74, 6) is 0.365. The average molecular weight is 341 g/mol. The molecule has 1 aromatic carbocycles. The lowest BCUT2D eigenvalue weighted by Gasteiger charge is -2.14. The van der Waals surface area contributed by atoms with Crippen LogP contribution in [0.2, 0.25) is 0 Å². The van der Waals surface area contributed by atoms with E-state index in [0.29, 0.717) is 18.2 Å². The molecule has 1 aromatic rings. The van der Waals surface area contributed by atoms with Gasteiger partial charge in [-0.3, -0.25) is 0 Å². The van der Waals surface area contributed by atoms with E-state index in [-0.39, 0.29) is 17.0 Å². The van der Waals surface area contributed by atoms with Crippen LogP contribution in [0, 0.1) is 5.92 Å². The first-order valence-corrected chi connectivity index (χ1v) is 9.40. The van der Waals surface area contributed by atoms with Gasteiger partial charge in [0.05, 0.1) is 4.90 Å². The highest BCUT2D eigenvalue weighted by atomic mass is 32.2. The molecule has 0 fully saturated rings. The Hall–Kier alpha value is -1.60. The Labute approximate surface area is 139 Å². The number of anilines is 1. The van der Waals surface area contributed by atoms with Crippen molar-refractivity contribution in [2.45, 2.75) is 51.5 Å². The van der Waals surface area contributed by atoms with Gasteiger partial charge in [0.2, 0.25) is 10.0 Å². The molecule has 0 aliphatic carbocycles. The third-order valence-electron chi connectivity index (χ3n) is 3.17. The predicted octanol–water partition coefficient (Wildman–Crippen LogP) is 2.93. The average Bonchev–Trinajstić information content (AvgIpc) is 2.45. The molecule has 2 amide bonds. The van der Waals surface area contributed by atoms with Gasteiger partial charge in [-0.25, -0.2) is 17.9 Å². The van der Waals surface area contributed by atoms with Crippen molar-refractivity contribution < 1.29 is 13.2 Å². The lowest BCUT2D eigenvalue weighted by atomic mass is 10.2. The van der Waals surface area contributed by atoms with Crippen LogP contribution in [-0.4, -0.2) is 27.0 Å². The van der Waals surface area contributed by atoms with Crippen LogP contribution in [0.1, 0.15) is 40.5 Å². The molecular weight excluding hydrogens is 314 g/mol. The van der Waals surface area contributed by atoms with E-state index in [2.05, 4.69) is 15.4 Å². The highest BCUT2D eigenvalue weighted by Gasteiger charge is 2.16. The molecule has 0 saturated heterocycles. The summed E-state index contributed by atoms with van der Waals surface area (Å²) in [5.41, 5.74) is 0.548. The van der Waals surface area contributed by atoms with Crippen LogP contribution in [0.5, 0.6) is 0 Å². The molecule has 1 atom stereocenters. The third kappa shape index (κ3) is 7.00. The molecule has 3 N–H and O–H groups in total. The van der Waals surface area contributed by atoms with Crippen molar-refractivity contribution in [3.8, 4) is 0 Å². The number of urea groups is 1. The summed E-state index contributed by atoms with van der Waals surface area (Å²) in [7, 11) is -3.53. The second-order valence-electron chi connectivity index (χ2n) is 6.06. The van der Waals surface area contributed by atoms with E-state index < -0.39 is 10.0 Å². The maximum Gasteiger partial charge on any atom is 0.319 e. The quantitative estimate of drug-likeness (QED) is 0.679. The Balaban J connectivity index is 2.67. The van der Waals surface area contributed by atoms with Crippen LogP contribution >= 0.6 is 0 Å². The topological polar surface area (TPSA) is 87.3 Å². The standard InChI is InChI=1S/C16H27N3O3S/c1-5-6-13(4)19-23(21,22)15-9-7-14(8-10-15)18-16(20)17-11-12(2)3/h7-10,12-13,19H,5-6,11H2,1-4H3,(H2,17,18,20)/t13-/m0/s1. The van der Waals surface area contributed by atoms with Gasteiger partial charge >= 0.3 is 6.03 Å². The molecule has 0 heterocycles. The van der Waals surface area contributed by atoms with Crippen LogP contribution in [-0.2, 0) is 10.0 Å². The SMILES string of the molecule is CCC[C@H](C)NS(=O)(=O)c1ccc(NC(=O)NCC(C)C)cc1. The second-order valence-corrected chi connectivity index (χ2v) is 7.78. The Morgan fingerprint density at radius 3 is 2.26 bits per heavy atom. The van der Waals surface area contributed by atoms with Crippen LogP contribution in [0.15, 0.2) is 29.2 Å². The summed E-state index contributed by atoms with van der Waals surface area (Å²) >= 11 is 0. The van der Waals surface area contributed by atoms with Gasteiger partial charge in [-0.2, -0.15) is 0 Å². The van der Waals surface area contributed by atoms with Gasteiger partial charge in [0, 0.05) is 18.3 Å². The number of rotatable bonds is 8. The molecule has 0 spiro atoms. The zero-order chi connectivity index (χ0) is 17.5. The number of carbonyl (C=O) groups excluding carboxylic acids is 1. The Bertz CT molecular complexity index is 598. The molecule has 0 aliphatic rings. The van der Waals surface area contributed by atoms with Crippen molar-refractivity contribution in [2.24, 2.45) is 5.92 Å². The summed E-state index contributed by atoms with van der Waals surface area (Å²) in [4.78, 5) is 11.9. The minimum absolute atomic E-state index is 0.107. The van der Waals surface area contributed by atoms with E-state index in [1.54, 1.807) is 12.1 Å². The fourth-order valence-corrected chi connectivity index (χ4v) is 3.29. The largest absolute Gasteiger partial charge is 0.338 e. The summed E-state index contributed by atoms with van der Waals surface area (Å²) < 4.78 is 27.1. The third-order valence-corrected chi connectivity index (χ3v) is 4.78. The Kier molecular flexibility index (Phi) is 7.51. The summed E-state index contributed by atoms with van der Waals surface area (Å²) in [6, 6.07) is 5.72. The molecule has 7 heteroatoms. The zero-order valence-corrected chi connectivity index (χ0v) is 15.0. The van der Waals surface area contributed by atoms with E-state index in [1.165, 1.54) is 12.1 Å². The van der Waals surface area contributed by atoms with Crippen LogP contribution in [0.4, 0.5) is 10.5 Å². The summed E-state index contributed by atoms with van der Waals surface area (Å²) in [5, 5.41) is 5.41. The number of nitrogens with one attached hydrogen (secondary N) is 3. The molecule has 0 radical (unpaired) electrons. The molecule has 0 saturated carbocycles. The minimum Gasteiger partial charge on any atom is -0.338 e. The van der Waals surface area contributed by atoms with Crippen molar-refractivity contribution in [3.63, 3.8) is 0 Å². The van der Waals surface area contributed by atoms with Gasteiger partial charge in [0.25, 0.3) is 0 Å². The monoisotopic (exact) mass is 341 g/mol. The first-order chi connectivity index (χ1) is 10.7. The van der Waals surface area contributed by atoms with Crippen molar-refractivity contribution in [3.05, 3.63) is 24.3 Å². The molecule has 6 nitrogen and oxygen atoms in total. The summed E-state index contributed by atoms with van der Waals surface area (Å²) in [6.07, 6.45) is 1.70.